The molecule has 0 heterocycles. The van der Waals surface area contributed by atoms with Gasteiger partial charge in [-0.3, -0.25) is 13.9 Å². The SMILES string of the molecule is CCCCNC(=O)[C@H](C)N(Cc1ccccc1C)C(=O)CN(c1ccc(OC)cc1)S(=O)(=O)c1ccc(C)cc1. The van der Waals surface area contributed by atoms with E-state index >= 15 is 0 Å². The summed E-state index contributed by atoms with van der Waals surface area (Å²) >= 11 is 0. The van der Waals surface area contributed by atoms with Crippen LogP contribution in [-0.2, 0) is 26.2 Å². The lowest BCUT2D eigenvalue weighted by Crippen LogP contribution is -2.51. The molecule has 0 spiro atoms. The van der Waals surface area contributed by atoms with Crippen LogP contribution >= 0.6 is 0 Å². The van der Waals surface area contributed by atoms with Gasteiger partial charge in [0.1, 0.15) is 18.3 Å². The number of ether oxygens (including phenoxy) is 1. The third kappa shape index (κ3) is 7.63. The van der Waals surface area contributed by atoms with Crippen molar-refractivity contribution >= 4 is 27.5 Å². The number of aryl methyl sites for hydroxylation is 2. The van der Waals surface area contributed by atoms with Crippen LogP contribution in [0.25, 0.3) is 0 Å². The molecule has 2 amide bonds. The van der Waals surface area contributed by atoms with Gasteiger partial charge in [0.25, 0.3) is 10.0 Å². The van der Waals surface area contributed by atoms with E-state index in [4.69, 9.17) is 4.74 Å². The van der Waals surface area contributed by atoms with E-state index in [1.807, 2.05) is 45.0 Å². The third-order valence-corrected chi connectivity index (χ3v) is 8.64. The highest BCUT2D eigenvalue weighted by atomic mass is 32.2. The van der Waals surface area contributed by atoms with Crippen molar-refractivity contribution in [2.24, 2.45) is 0 Å². The number of rotatable bonds is 13. The molecule has 0 saturated heterocycles. The van der Waals surface area contributed by atoms with Crippen molar-refractivity contribution in [1.82, 2.24) is 10.2 Å². The topological polar surface area (TPSA) is 96.0 Å². The lowest BCUT2D eigenvalue weighted by Gasteiger charge is -2.32. The van der Waals surface area contributed by atoms with Crippen LogP contribution in [0.15, 0.2) is 77.7 Å². The lowest BCUT2D eigenvalue weighted by molar-refractivity contribution is -0.139. The van der Waals surface area contributed by atoms with Gasteiger partial charge in [-0.15, -0.1) is 0 Å². The Kier molecular flexibility index (Phi) is 10.7. The smallest absolute Gasteiger partial charge is 0.264 e. The number of anilines is 1. The molecule has 0 aliphatic rings. The van der Waals surface area contributed by atoms with Gasteiger partial charge in [0.15, 0.2) is 0 Å². The maximum absolute atomic E-state index is 14.0. The molecule has 0 aromatic heterocycles. The Balaban J connectivity index is 2.01. The number of unbranched alkanes of at least 4 members (excludes halogenated alkanes) is 1. The number of methoxy groups -OCH3 is 1. The first-order valence-corrected chi connectivity index (χ1v) is 14.9. The molecule has 1 N–H and O–H groups in total. The van der Waals surface area contributed by atoms with Crippen LogP contribution in [0.2, 0.25) is 0 Å². The number of sulfonamides is 1. The van der Waals surface area contributed by atoms with Crippen molar-refractivity contribution in [1.29, 1.82) is 0 Å². The van der Waals surface area contributed by atoms with E-state index in [-0.39, 0.29) is 17.3 Å². The predicted molar refractivity (Wildman–Crippen MR) is 158 cm³/mol. The van der Waals surface area contributed by atoms with Gasteiger partial charge in [-0.05, 0) is 74.7 Å². The maximum Gasteiger partial charge on any atom is 0.264 e. The summed E-state index contributed by atoms with van der Waals surface area (Å²) in [6.07, 6.45) is 1.75. The van der Waals surface area contributed by atoms with Crippen molar-refractivity contribution < 1.29 is 22.7 Å². The lowest BCUT2D eigenvalue weighted by atomic mass is 10.1. The summed E-state index contributed by atoms with van der Waals surface area (Å²) < 4.78 is 34.1. The first-order valence-electron chi connectivity index (χ1n) is 13.4. The monoisotopic (exact) mass is 565 g/mol. The highest BCUT2D eigenvalue weighted by Crippen LogP contribution is 2.27. The van der Waals surface area contributed by atoms with Crippen molar-refractivity contribution in [3.05, 3.63) is 89.5 Å². The zero-order chi connectivity index (χ0) is 29.3. The molecule has 3 aromatic carbocycles. The number of carbonyl (C=O) groups is 2. The third-order valence-electron chi connectivity index (χ3n) is 6.85. The fourth-order valence-electron chi connectivity index (χ4n) is 4.20. The van der Waals surface area contributed by atoms with E-state index in [0.717, 1.165) is 33.8 Å². The standard InChI is InChI=1S/C31H39N3O5S/c1-6-7-20-32-31(36)25(4)33(21-26-11-9-8-10-24(26)3)30(35)22-34(27-14-16-28(39-5)17-15-27)40(37,38)29-18-12-23(2)13-19-29/h8-19,25H,6-7,20-22H2,1-5H3,(H,32,36)/t25-/m0/s1. The Labute approximate surface area is 238 Å². The van der Waals surface area contributed by atoms with Crippen molar-refractivity contribution in [2.45, 2.75) is 58.0 Å². The molecule has 3 rings (SSSR count). The molecule has 0 unspecified atom stereocenters. The summed E-state index contributed by atoms with van der Waals surface area (Å²) in [5.41, 5.74) is 3.07. The number of carbonyl (C=O) groups excluding carboxylic acids is 2. The van der Waals surface area contributed by atoms with Gasteiger partial charge in [0.2, 0.25) is 11.8 Å². The summed E-state index contributed by atoms with van der Waals surface area (Å²) in [6, 6.07) is 19.8. The van der Waals surface area contributed by atoms with E-state index in [9.17, 15) is 18.0 Å². The summed E-state index contributed by atoms with van der Waals surface area (Å²) in [5, 5.41) is 2.90. The molecule has 0 bridgehead atoms. The number of benzene rings is 3. The van der Waals surface area contributed by atoms with Crippen LogP contribution in [0, 0.1) is 13.8 Å². The van der Waals surface area contributed by atoms with Gasteiger partial charge in [0, 0.05) is 13.1 Å². The first-order chi connectivity index (χ1) is 19.1. The zero-order valence-electron chi connectivity index (χ0n) is 23.9. The second-order valence-corrected chi connectivity index (χ2v) is 11.7. The van der Waals surface area contributed by atoms with Crippen LogP contribution in [0.5, 0.6) is 5.75 Å². The van der Waals surface area contributed by atoms with Gasteiger partial charge in [-0.1, -0.05) is 55.3 Å². The van der Waals surface area contributed by atoms with Gasteiger partial charge in [-0.2, -0.15) is 0 Å². The Morgan fingerprint density at radius 3 is 2.20 bits per heavy atom. The number of nitrogens with zero attached hydrogens (tertiary/aromatic N) is 2. The van der Waals surface area contributed by atoms with Gasteiger partial charge in [0.05, 0.1) is 17.7 Å². The molecule has 8 nitrogen and oxygen atoms in total. The van der Waals surface area contributed by atoms with E-state index in [2.05, 4.69) is 5.32 Å². The van der Waals surface area contributed by atoms with Crippen LogP contribution in [0.4, 0.5) is 5.69 Å². The van der Waals surface area contributed by atoms with Crippen molar-refractivity contribution in [3.8, 4) is 5.75 Å². The molecule has 0 radical (unpaired) electrons. The normalized spacial score (nSPS) is 11.9. The molecule has 3 aromatic rings. The minimum atomic E-state index is -4.12. The zero-order valence-corrected chi connectivity index (χ0v) is 24.7. The van der Waals surface area contributed by atoms with Crippen molar-refractivity contribution in [2.75, 3.05) is 24.5 Å². The average molecular weight is 566 g/mol. The minimum absolute atomic E-state index is 0.0672. The molecule has 40 heavy (non-hydrogen) atoms. The number of hydrogen-bond donors (Lipinski definition) is 1. The van der Waals surface area contributed by atoms with Gasteiger partial charge < -0.3 is 15.0 Å². The van der Waals surface area contributed by atoms with Crippen LogP contribution in [-0.4, -0.2) is 51.4 Å². The van der Waals surface area contributed by atoms with Gasteiger partial charge >= 0.3 is 0 Å². The molecule has 0 saturated carbocycles. The fourth-order valence-corrected chi connectivity index (χ4v) is 5.62. The second-order valence-electron chi connectivity index (χ2n) is 9.79. The van der Waals surface area contributed by atoms with E-state index in [1.165, 1.54) is 24.1 Å². The Morgan fingerprint density at radius 1 is 0.950 bits per heavy atom. The Bertz CT molecular complexity index is 1390. The molecule has 0 aliphatic carbocycles. The fraction of sp³-hybridized carbons (Fsp3) is 0.355. The van der Waals surface area contributed by atoms with Crippen molar-refractivity contribution in [3.63, 3.8) is 0 Å². The van der Waals surface area contributed by atoms with Crippen LogP contribution < -0.4 is 14.4 Å². The summed E-state index contributed by atoms with van der Waals surface area (Å²) in [7, 11) is -2.60. The molecule has 9 heteroatoms. The molecule has 1 atom stereocenters. The molecular weight excluding hydrogens is 526 g/mol. The highest BCUT2D eigenvalue weighted by molar-refractivity contribution is 7.92. The second kappa shape index (κ2) is 14.0. The van der Waals surface area contributed by atoms with Gasteiger partial charge in [-0.25, -0.2) is 8.42 Å². The minimum Gasteiger partial charge on any atom is -0.497 e. The Morgan fingerprint density at radius 2 is 1.60 bits per heavy atom. The van der Waals surface area contributed by atoms with Crippen LogP contribution in [0.3, 0.4) is 0 Å². The molecular formula is C31H39N3O5S. The molecule has 0 aliphatic heterocycles. The maximum atomic E-state index is 14.0. The number of amides is 2. The van der Waals surface area contributed by atoms with E-state index in [0.29, 0.717) is 18.0 Å². The molecule has 0 fully saturated rings. The summed E-state index contributed by atoms with van der Waals surface area (Å²) in [4.78, 5) is 28.6. The predicted octanol–water partition coefficient (Wildman–Crippen LogP) is 4.84. The number of nitrogens with one attached hydrogen (secondary N) is 1. The highest BCUT2D eigenvalue weighted by Gasteiger charge is 2.32. The number of hydrogen-bond acceptors (Lipinski definition) is 5. The molecule has 214 valence electrons. The average Bonchev–Trinajstić information content (AvgIpc) is 2.95. The van der Waals surface area contributed by atoms with Crippen LogP contribution in [0.1, 0.15) is 43.4 Å². The largest absolute Gasteiger partial charge is 0.497 e. The first kappa shape index (κ1) is 30.7. The van der Waals surface area contributed by atoms with E-state index < -0.39 is 28.5 Å². The Hall–Kier alpha value is -3.85. The quantitative estimate of drug-likeness (QED) is 0.299. The summed E-state index contributed by atoms with van der Waals surface area (Å²) in [5.74, 6) is -0.220. The summed E-state index contributed by atoms with van der Waals surface area (Å²) in [6.45, 7) is 7.70. The van der Waals surface area contributed by atoms with E-state index in [1.54, 1.807) is 43.3 Å².